The van der Waals surface area contributed by atoms with E-state index in [0.29, 0.717) is 13.0 Å². The van der Waals surface area contributed by atoms with E-state index in [2.05, 4.69) is 22.1 Å². The van der Waals surface area contributed by atoms with Crippen LogP contribution in [-0.2, 0) is 0 Å². The Balaban J connectivity index is 0.00000400. The molecule has 0 saturated carbocycles. The van der Waals surface area contributed by atoms with E-state index in [-0.39, 0.29) is 30.4 Å². The molecule has 126 valence electrons. The molecule has 0 spiro atoms. The largest absolute Gasteiger partial charge is 0.389 e. The molecule has 7 heteroatoms. The van der Waals surface area contributed by atoms with Gasteiger partial charge in [-0.05, 0) is 38.5 Å². The molecule has 0 aliphatic carbocycles. The van der Waals surface area contributed by atoms with Crippen LogP contribution < -0.4 is 5.32 Å². The van der Waals surface area contributed by atoms with Crippen molar-refractivity contribution in [3.63, 3.8) is 0 Å². The molecule has 1 fully saturated rings. The lowest BCUT2D eigenvalue weighted by Crippen LogP contribution is -2.45. The summed E-state index contributed by atoms with van der Waals surface area (Å²) in [5.74, 6) is 1.60. The first-order valence-electron chi connectivity index (χ1n) is 7.52. The number of aliphatic imine (C=N–C) groups is 1. The predicted molar refractivity (Wildman–Crippen MR) is 91.3 cm³/mol. The number of nitrogens with zero attached hydrogens (tertiary/aromatic N) is 2. The number of hydrogen-bond donors (Lipinski definition) is 1. The molecule has 1 aliphatic heterocycles. The third kappa shape index (κ3) is 9.42. The fourth-order valence-electron chi connectivity index (χ4n) is 2.27. The van der Waals surface area contributed by atoms with Crippen molar-refractivity contribution < 1.29 is 13.2 Å². The second-order valence-electron chi connectivity index (χ2n) is 5.48. The Labute approximate surface area is 142 Å². The molecular formula is C14H27F3IN3. The van der Waals surface area contributed by atoms with Crippen LogP contribution >= 0.6 is 24.0 Å². The molecule has 1 heterocycles. The van der Waals surface area contributed by atoms with Crippen molar-refractivity contribution >= 4 is 29.9 Å². The molecule has 1 saturated heterocycles. The van der Waals surface area contributed by atoms with Gasteiger partial charge in [-0.2, -0.15) is 13.2 Å². The Morgan fingerprint density at radius 3 is 2.38 bits per heavy atom. The van der Waals surface area contributed by atoms with Crippen LogP contribution in [-0.4, -0.2) is 43.2 Å². The van der Waals surface area contributed by atoms with Crippen LogP contribution in [0.4, 0.5) is 13.2 Å². The van der Waals surface area contributed by atoms with Crippen molar-refractivity contribution in [2.24, 2.45) is 10.9 Å². The molecule has 0 unspecified atom stereocenters. The lowest BCUT2D eigenvalue weighted by atomic mass is 10.00. The molecule has 1 aliphatic rings. The highest BCUT2D eigenvalue weighted by Crippen LogP contribution is 2.22. The van der Waals surface area contributed by atoms with Crippen LogP contribution in [0.2, 0.25) is 0 Å². The molecule has 0 bridgehead atoms. The average Bonchev–Trinajstić information content (AvgIpc) is 2.37. The summed E-state index contributed by atoms with van der Waals surface area (Å²) >= 11 is 0. The zero-order valence-electron chi connectivity index (χ0n) is 12.9. The number of likely N-dealkylation sites (tertiary alicyclic amines) is 1. The molecule has 21 heavy (non-hydrogen) atoms. The number of halogens is 4. The molecule has 0 atom stereocenters. The molecular weight excluding hydrogens is 394 g/mol. The van der Waals surface area contributed by atoms with Crippen LogP contribution in [0.15, 0.2) is 4.99 Å². The van der Waals surface area contributed by atoms with E-state index in [4.69, 9.17) is 0 Å². The van der Waals surface area contributed by atoms with Gasteiger partial charge in [0.25, 0.3) is 0 Å². The Morgan fingerprint density at radius 2 is 1.86 bits per heavy atom. The number of guanidine groups is 1. The summed E-state index contributed by atoms with van der Waals surface area (Å²) in [6, 6.07) is 0. The lowest BCUT2D eigenvalue weighted by molar-refractivity contribution is -0.135. The number of alkyl halides is 3. The SMILES string of the molecule is CCNC(=NCCCCC(F)(F)F)N1CCC(C)CC1.I. The first-order valence-corrected chi connectivity index (χ1v) is 7.52. The van der Waals surface area contributed by atoms with Gasteiger partial charge in [0.15, 0.2) is 5.96 Å². The van der Waals surface area contributed by atoms with E-state index in [9.17, 15) is 13.2 Å². The topological polar surface area (TPSA) is 27.6 Å². The summed E-state index contributed by atoms with van der Waals surface area (Å²) in [5, 5.41) is 3.23. The molecule has 0 radical (unpaired) electrons. The van der Waals surface area contributed by atoms with Crippen LogP contribution in [0.25, 0.3) is 0 Å². The molecule has 1 N–H and O–H groups in total. The van der Waals surface area contributed by atoms with Crippen LogP contribution in [0, 0.1) is 5.92 Å². The molecule has 3 nitrogen and oxygen atoms in total. The summed E-state index contributed by atoms with van der Waals surface area (Å²) in [5.41, 5.74) is 0. The quantitative estimate of drug-likeness (QED) is 0.314. The summed E-state index contributed by atoms with van der Waals surface area (Å²) in [7, 11) is 0. The average molecular weight is 421 g/mol. The first-order chi connectivity index (χ1) is 9.42. The minimum Gasteiger partial charge on any atom is -0.357 e. The number of nitrogens with one attached hydrogen (secondary N) is 1. The molecule has 0 aromatic rings. The monoisotopic (exact) mass is 421 g/mol. The predicted octanol–water partition coefficient (Wildman–Crippen LogP) is 4.03. The highest BCUT2D eigenvalue weighted by atomic mass is 127. The van der Waals surface area contributed by atoms with E-state index in [0.717, 1.165) is 44.4 Å². The van der Waals surface area contributed by atoms with Gasteiger partial charge < -0.3 is 10.2 Å². The van der Waals surface area contributed by atoms with E-state index < -0.39 is 12.6 Å². The van der Waals surface area contributed by atoms with Gasteiger partial charge in [-0.3, -0.25) is 4.99 Å². The molecule has 1 rings (SSSR count). The fourth-order valence-corrected chi connectivity index (χ4v) is 2.27. The van der Waals surface area contributed by atoms with Gasteiger partial charge in [0.2, 0.25) is 0 Å². The summed E-state index contributed by atoms with van der Waals surface area (Å²) in [6.45, 7) is 7.47. The molecule has 0 amide bonds. The van der Waals surface area contributed by atoms with Gasteiger partial charge in [-0.25, -0.2) is 0 Å². The summed E-state index contributed by atoms with van der Waals surface area (Å²) in [4.78, 5) is 6.66. The molecule has 0 aromatic carbocycles. The van der Waals surface area contributed by atoms with E-state index in [1.54, 1.807) is 0 Å². The van der Waals surface area contributed by atoms with Gasteiger partial charge in [0.1, 0.15) is 0 Å². The zero-order valence-corrected chi connectivity index (χ0v) is 15.2. The zero-order chi connectivity index (χ0) is 15.0. The number of piperidine rings is 1. The Bertz CT molecular complexity index is 300. The van der Waals surface area contributed by atoms with E-state index >= 15 is 0 Å². The van der Waals surface area contributed by atoms with Crippen molar-refractivity contribution in [2.45, 2.75) is 52.1 Å². The van der Waals surface area contributed by atoms with Crippen LogP contribution in [0.3, 0.4) is 0 Å². The van der Waals surface area contributed by atoms with E-state index in [1.165, 1.54) is 0 Å². The maximum atomic E-state index is 12.0. The van der Waals surface area contributed by atoms with Crippen LogP contribution in [0.5, 0.6) is 0 Å². The van der Waals surface area contributed by atoms with Crippen molar-refractivity contribution in [2.75, 3.05) is 26.2 Å². The molecule has 0 aromatic heterocycles. The number of rotatable bonds is 5. The normalized spacial score (nSPS) is 17.6. The minimum absolute atomic E-state index is 0. The summed E-state index contributed by atoms with van der Waals surface area (Å²) in [6.07, 6.45) is -1.81. The Kier molecular flexibility index (Phi) is 10.4. The van der Waals surface area contributed by atoms with Gasteiger partial charge in [0, 0.05) is 32.6 Å². The first kappa shape index (κ1) is 20.8. The van der Waals surface area contributed by atoms with Crippen LogP contribution in [0.1, 0.15) is 46.0 Å². The number of unbranched alkanes of at least 4 members (excludes halogenated alkanes) is 1. The smallest absolute Gasteiger partial charge is 0.357 e. The van der Waals surface area contributed by atoms with Crippen molar-refractivity contribution in [1.82, 2.24) is 10.2 Å². The third-order valence-corrected chi connectivity index (χ3v) is 3.55. The van der Waals surface area contributed by atoms with Gasteiger partial charge in [-0.15, -0.1) is 24.0 Å². The standard InChI is InChI=1S/C14H26F3N3.HI/c1-3-18-13(20-10-6-12(2)7-11-20)19-9-5-4-8-14(15,16)17;/h12H,3-11H2,1-2H3,(H,18,19);1H. The highest BCUT2D eigenvalue weighted by Gasteiger charge is 2.25. The van der Waals surface area contributed by atoms with Gasteiger partial charge in [0.05, 0.1) is 0 Å². The minimum atomic E-state index is -4.04. The summed E-state index contributed by atoms with van der Waals surface area (Å²) < 4.78 is 36.1. The van der Waals surface area contributed by atoms with Crippen molar-refractivity contribution in [1.29, 1.82) is 0 Å². The highest BCUT2D eigenvalue weighted by molar-refractivity contribution is 14.0. The number of hydrogen-bond acceptors (Lipinski definition) is 1. The Hall–Kier alpha value is -0.210. The maximum absolute atomic E-state index is 12.0. The lowest BCUT2D eigenvalue weighted by Gasteiger charge is -2.33. The fraction of sp³-hybridized carbons (Fsp3) is 0.929. The Morgan fingerprint density at radius 1 is 1.24 bits per heavy atom. The van der Waals surface area contributed by atoms with Gasteiger partial charge >= 0.3 is 6.18 Å². The second kappa shape index (κ2) is 10.5. The third-order valence-electron chi connectivity index (χ3n) is 3.55. The second-order valence-corrected chi connectivity index (χ2v) is 5.48. The van der Waals surface area contributed by atoms with Crippen molar-refractivity contribution in [3.05, 3.63) is 0 Å². The van der Waals surface area contributed by atoms with Gasteiger partial charge in [-0.1, -0.05) is 6.92 Å². The maximum Gasteiger partial charge on any atom is 0.389 e. The van der Waals surface area contributed by atoms with E-state index in [1.807, 2.05) is 6.92 Å². The van der Waals surface area contributed by atoms with Crippen molar-refractivity contribution in [3.8, 4) is 0 Å².